The molecule has 0 unspecified atom stereocenters. The summed E-state index contributed by atoms with van der Waals surface area (Å²) in [5.74, 6) is 3.43. The molecule has 2 heterocycles. The summed E-state index contributed by atoms with van der Waals surface area (Å²) in [6.45, 7) is 9.82. The normalized spacial score (nSPS) is 25.6. The van der Waals surface area contributed by atoms with Gasteiger partial charge in [0.2, 0.25) is 0 Å². The van der Waals surface area contributed by atoms with Crippen molar-refractivity contribution in [3.8, 4) is 11.5 Å². The zero-order chi connectivity index (χ0) is 37.5. The van der Waals surface area contributed by atoms with Crippen molar-refractivity contribution in [1.29, 1.82) is 0 Å². The molecule has 2 saturated heterocycles. The van der Waals surface area contributed by atoms with Crippen LogP contribution >= 0.6 is 10.3 Å². The number of hydrogen-bond acceptors (Lipinski definition) is 8. The Balaban J connectivity index is 0.000000151. The highest BCUT2D eigenvalue weighted by Gasteiger charge is 2.51. The van der Waals surface area contributed by atoms with Crippen molar-refractivity contribution in [2.75, 3.05) is 39.9 Å². The van der Waals surface area contributed by atoms with E-state index in [2.05, 4.69) is 76.6 Å². The van der Waals surface area contributed by atoms with Crippen LogP contribution in [0, 0.1) is 19.8 Å². The first-order valence-electron chi connectivity index (χ1n) is 19.1. The van der Waals surface area contributed by atoms with E-state index < -0.39 is 10.3 Å². The lowest BCUT2D eigenvalue weighted by Gasteiger charge is -2.37. The maximum Gasteiger partial charge on any atom is 0.500 e. The second kappa shape index (κ2) is 17.7. The Kier molecular flexibility index (Phi) is 13.8. The maximum atomic E-state index is 11.2. The first kappa shape index (κ1) is 40.6. The molecule has 0 amide bonds. The predicted octanol–water partition coefficient (Wildman–Crippen LogP) is 9.34. The largest absolute Gasteiger partial charge is 0.500 e. The highest BCUT2D eigenvalue weighted by atomic mass is 32.3. The second-order valence-corrected chi connectivity index (χ2v) is 19.4. The number of allylic oxidation sites excluding steroid dienone is 1. The van der Waals surface area contributed by atoms with Crippen molar-refractivity contribution in [2.24, 2.45) is 5.92 Å². The third-order valence-electron chi connectivity index (χ3n) is 11.8. The van der Waals surface area contributed by atoms with Crippen LogP contribution < -0.4 is 9.47 Å². The molecule has 10 heteroatoms. The summed E-state index contributed by atoms with van der Waals surface area (Å²) in [5.41, 5.74) is 6.37. The van der Waals surface area contributed by atoms with Gasteiger partial charge in [0.25, 0.3) is 0 Å². The van der Waals surface area contributed by atoms with Gasteiger partial charge in [-0.2, -0.15) is 0 Å². The molecule has 2 aromatic carbocycles. The Labute approximate surface area is 314 Å². The van der Waals surface area contributed by atoms with E-state index in [1.807, 2.05) is 6.07 Å². The molecule has 7 rings (SSSR count). The van der Waals surface area contributed by atoms with Crippen LogP contribution in [0.2, 0.25) is 0 Å². The van der Waals surface area contributed by atoms with E-state index in [-0.39, 0.29) is 17.8 Å². The fraction of sp³-hybridized carbons (Fsp3) is 0.619. The molecular formula is C42H61BO8S. The van der Waals surface area contributed by atoms with Crippen LogP contribution in [0.3, 0.4) is 0 Å². The fourth-order valence-corrected chi connectivity index (χ4v) is 8.99. The standard InChI is InChI=1S/C15H20O2.C14H18O2.C13H23BO4S/c1-11-9-14(7-8-15(11)17-2)13-5-3-12(10-16)4-6-13;1-10-9-12(5-8-14(10)16-2)11-3-6-13(15)7-4-11;1-12(2)17-14(18-19(12,3)4)11-5-7-13(8-6-11)15-9-10-16-13/h7-10,12-13H,3-6H2,1-2H3;5,8-9,11H,3-4,6-7H2,1-2H3;5H,6-10H2,1-4H3. The molecule has 2 aromatic rings. The smallest absolute Gasteiger partial charge is 0.496 e. The van der Waals surface area contributed by atoms with Crippen LogP contribution in [0.4, 0.5) is 0 Å². The Morgan fingerprint density at radius 3 is 1.77 bits per heavy atom. The van der Waals surface area contributed by atoms with Crippen LogP contribution in [-0.2, 0) is 27.8 Å². The summed E-state index contributed by atoms with van der Waals surface area (Å²) in [7, 11) is 2.04. The number of methoxy groups -OCH3 is 2. The number of aryl methyl sites for hydroxylation is 2. The highest BCUT2D eigenvalue weighted by Crippen LogP contribution is 2.61. The zero-order valence-corrected chi connectivity index (χ0v) is 33.6. The summed E-state index contributed by atoms with van der Waals surface area (Å²) in [4.78, 5) is 21.7. The van der Waals surface area contributed by atoms with Gasteiger partial charge in [0, 0.05) is 31.6 Å². The Hall–Kier alpha value is -2.63. The van der Waals surface area contributed by atoms with E-state index in [9.17, 15) is 9.59 Å². The minimum Gasteiger partial charge on any atom is -0.496 e. The minimum atomic E-state index is -1.18. The number of benzene rings is 2. The van der Waals surface area contributed by atoms with Gasteiger partial charge in [0.1, 0.15) is 23.6 Å². The van der Waals surface area contributed by atoms with Crippen LogP contribution in [0.1, 0.15) is 119 Å². The number of carbonyl (C=O) groups is 2. The van der Waals surface area contributed by atoms with Crippen molar-refractivity contribution in [3.05, 3.63) is 70.2 Å². The van der Waals surface area contributed by atoms with E-state index >= 15 is 0 Å². The summed E-state index contributed by atoms with van der Waals surface area (Å²) in [6.07, 6.45) is 18.1. The summed E-state index contributed by atoms with van der Waals surface area (Å²) in [5, 5.41) is 0. The zero-order valence-electron chi connectivity index (χ0n) is 32.8. The molecule has 5 aliphatic rings. The van der Waals surface area contributed by atoms with Gasteiger partial charge in [-0.3, -0.25) is 4.79 Å². The number of aldehydes is 1. The van der Waals surface area contributed by atoms with Crippen LogP contribution in [0.15, 0.2) is 47.9 Å². The number of carbonyl (C=O) groups excluding carboxylic acids is 2. The number of Topliss-reactive ketones (excluding diaryl/α,β-unsaturated/α-hetero) is 1. The molecular weight excluding hydrogens is 675 g/mol. The quantitative estimate of drug-likeness (QED) is 0.214. The molecule has 0 aromatic heterocycles. The molecule has 286 valence electrons. The van der Waals surface area contributed by atoms with Crippen LogP contribution in [0.25, 0.3) is 0 Å². The van der Waals surface area contributed by atoms with Crippen molar-refractivity contribution in [3.63, 3.8) is 0 Å². The lowest BCUT2D eigenvalue weighted by molar-refractivity contribution is -0.161. The topological polar surface area (TPSA) is 89.5 Å². The maximum absolute atomic E-state index is 11.2. The molecule has 2 aliphatic heterocycles. The first-order chi connectivity index (χ1) is 24.8. The van der Waals surface area contributed by atoms with Gasteiger partial charge in [-0.15, -0.1) is 10.3 Å². The van der Waals surface area contributed by atoms with E-state index in [0.717, 1.165) is 88.4 Å². The number of ether oxygens (including phenoxy) is 4. The number of rotatable bonds is 6. The molecule has 8 nitrogen and oxygen atoms in total. The average molecular weight is 737 g/mol. The molecule has 0 bridgehead atoms. The average Bonchev–Trinajstić information content (AvgIpc) is 3.68. The predicted molar refractivity (Wildman–Crippen MR) is 210 cm³/mol. The van der Waals surface area contributed by atoms with Crippen LogP contribution in [0.5, 0.6) is 11.5 Å². The number of ketones is 1. The summed E-state index contributed by atoms with van der Waals surface area (Å²) >= 11 is 0. The van der Waals surface area contributed by atoms with Crippen LogP contribution in [-0.4, -0.2) is 69.9 Å². The monoisotopic (exact) mass is 736 g/mol. The molecule has 2 saturated carbocycles. The van der Waals surface area contributed by atoms with E-state index in [4.69, 9.17) is 27.7 Å². The van der Waals surface area contributed by atoms with Gasteiger partial charge < -0.3 is 32.5 Å². The molecule has 52 heavy (non-hydrogen) atoms. The SMILES string of the molecule is CC1(C)OB(C2=CCC3(CC2)OCCO3)OS1(C)C.COc1ccc(C2CCC(=O)CC2)cc1C.COc1ccc(C2CCC(C=O)CC2)cc1C. The molecule has 0 radical (unpaired) electrons. The second-order valence-electron chi connectivity index (χ2n) is 15.8. The number of hydrogen-bond donors (Lipinski definition) is 0. The van der Waals surface area contributed by atoms with Gasteiger partial charge in [-0.1, -0.05) is 30.3 Å². The Bertz CT molecular complexity index is 1530. The van der Waals surface area contributed by atoms with E-state index in [0.29, 0.717) is 36.8 Å². The first-order valence-corrected chi connectivity index (χ1v) is 21.5. The minimum absolute atomic E-state index is 0.182. The van der Waals surface area contributed by atoms with Gasteiger partial charge in [0.05, 0.1) is 32.4 Å². The lowest BCUT2D eigenvalue weighted by atomic mass is 9.71. The van der Waals surface area contributed by atoms with Gasteiger partial charge in [0.15, 0.2) is 5.79 Å². The van der Waals surface area contributed by atoms with E-state index in [1.165, 1.54) is 27.7 Å². The Morgan fingerprint density at radius 1 is 0.808 bits per heavy atom. The molecule has 1 spiro atoms. The van der Waals surface area contributed by atoms with Gasteiger partial charge in [-0.05, 0) is 137 Å². The van der Waals surface area contributed by atoms with Gasteiger partial charge >= 0.3 is 7.12 Å². The highest BCUT2D eigenvalue weighted by molar-refractivity contribution is 8.30. The summed E-state index contributed by atoms with van der Waals surface area (Å²) < 4.78 is 34.3. The molecule has 0 N–H and O–H groups in total. The molecule has 4 fully saturated rings. The van der Waals surface area contributed by atoms with Crippen molar-refractivity contribution >= 4 is 29.5 Å². The third-order valence-corrected chi connectivity index (χ3v) is 14.9. The molecule has 0 atom stereocenters. The van der Waals surface area contributed by atoms with Crippen molar-refractivity contribution in [1.82, 2.24) is 0 Å². The van der Waals surface area contributed by atoms with E-state index in [1.54, 1.807) is 14.2 Å². The lowest BCUT2D eigenvalue weighted by Crippen LogP contribution is -2.35. The van der Waals surface area contributed by atoms with Gasteiger partial charge in [-0.25, -0.2) is 0 Å². The third kappa shape index (κ3) is 9.91. The van der Waals surface area contributed by atoms with Crippen molar-refractivity contribution < 1.29 is 37.3 Å². The molecule has 3 aliphatic carbocycles. The van der Waals surface area contributed by atoms with Crippen molar-refractivity contribution in [2.45, 2.75) is 121 Å². The summed E-state index contributed by atoms with van der Waals surface area (Å²) in [6, 6.07) is 12.8. The fourth-order valence-electron chi connectivity index (χ4n) is 7.84. The Morgan fingerprint density at radius 2 is 1.35 bits per heavy atom.